The number of benzene rings is 1. The Morgan fingerprint density at radius 1 is 1.27 bits per heavy atom. The molecule has 0 saturated carbocycles. The maximum Gasteiger partial charge on any atom is 0.294 e. The fraction of sp³-hybridized carbons (Fsp3) is 0. The van der Waals surface area contributed by atoms with Crippen molar-refractivity contribution in [3.05, 3.63) is 27.8 Å². The Labute approximate surface area is 103 Å². The van der Waals surface area contributed by atoms with Crippen molar-refractivity contribution in [1.82, 2.24) is 0 Å². The number of rotatable bonds is 1. The summed E-state index contributed by atoms with van der Waals surface area (Å²) in [6.45, 7) is 0. The molecule has 0 heterocycles. The van der Waals surface area contributed by atoms with Crippen LogP contribution < -0.4 is 0 Å². The van der Waals surface area contributed by atoms with Gasteiger partial charge in [0, 0.05) is 3.57 Å². The van der Waals surface area contributed by atoms with Gasteiger partial charge in [0.2, 0.25) is 0 Å². The lowest BCUT2D eigenvalue weighted by molar-refractivity contribution is 0.436. The lowest BCUT2D eigenvalue weighted by Gasteiger charge is -1.94. The molecule has 1 atom stereocenters. The van der Waals surface area contributed by atoms with E-state index in [0.717, 1.165) is 3.57 Å². The van der Waals surface area contributed by atoms with Gasteiger partial charge in [0.15, 0.2) is 0 Å². The van der Waals surface area contributed by atoms with Crippen LogP contribution >= 0.6 is 22.6 Å². The molecule has 6 nitrogen and oxygen atoms in total. The van der Waals surface area contributed by atoms with Crippen molar-refractivity contribution in [3.8, 4) is 0 Å². The average Bonchev–Trinajstić information content (AvgIpc) is 2.01. The summed E-state index contributed by atoms with van der Waals surface area (Å²) in [7, 11) is -4.02. The average molecular weight is 365 g/mol. The summed E-state index contributed by atoms with van der Waals surface area (Å²) in [5.41, 5.74) is 0. The second-order valence-electron chi connectivity index (χ2n) is 2.15. The molecule has 0 aromatic heterocycles. The quantitative estimate of drug-likeness (QED) is 0.434. The summed E-state index contributed by atoms with van der Waals surface area (Å²) < 4.78 is 54.6. The summed E-state index contributed by atoms with van der Waals surface area (Å²) in [5.74, 6) is 0. The van der Waals surface area contributed by atoms with Crippen LogP contribution in [0.25, 0.3) is 0 Å². The molecule has 2 N–H and O–H groups in total. The lowest BCUT2D eigenvalue weighted by Crippen LogP contribution is -1.96. The molecule has 0 aliphatic heterocycles. The normalized spacial score (nSPS) is 12.5. The zero-order valence-electron chi connectivity index (χ0n) is 7.03. The molecule has 15 heavy (non-hydrogen) atoms. The van der Waals surface area contributed by atoms with Crippen molar-refractivity contribution in [3.63, 3.8) is 0 Å². The van der Waals surface area contributed by atoms with E-state index in [0.29, 0.717) is 0 Å². The SMILES string of the molecule is O=S(=O)(O)c1ccc(I)cc1.O=S([O-])O. The van der Waals surface area contributed by atoms with Gasteiger partial charge in [-0.2, -0.15) is 8.42 Å². The van der Waals surface area contributed by atoms with E-state index in [1.807, 2.05) is 22.6 Å². The van der Waals surface area contributed by atoms with Crippen LogP contribution in [0.15, 0.2) is 29.2 Å². The molecule has 1 aromatic carbocycles. The van der Waals surface area contributed by atoms with Crippen LogP contribution in [0.3, 0.4) is 0 Å². The minimum atomic E-state index is -4.02. The molecular weight excluding hydrogens is 359 g/mol. The fourth-order valence-electron chi connectivity index (χ4n) is 0.607. The predicted molar refractivity (Wildman–Crippen MR) is 60.5 cm³/mol. The van der Waals surface area contributed by atoms with Gasteiger partial charge in [-0.05, 0) is 46.9 Å². The van der Waals surface area contributed by atoms with Crippen molar-refractivity contribution in [1.29, 1.82) is 0 Å². The van der Waals surface area contributed by atoms with Crippen LogP contribution in [-0.4, -0.2) is 26.3 Å². The maximum atomic E-state index is 10.5. The first kappa shape index (κ1) is 14.9. The topological polar surface area (TPSA) is 115 Å². The van der Waals surface area contributed by atoms with Gasteiger partial charge in [-0.15, -0.1) is 0 Å². The first-order valence-corrected chi connectivity index (χ1v) is 6.80. The largest absolute Gasteiger partial charge is 0.750 e. The minimum Gasteiger partial charge on any atom is -0.750 e. The highest BCUT2D eigenvalue weighted by Crippen LogP contribution is 2.10. The highest BCUT2D eigenvalue weighted by molar-refractivity contribution is 14.1. The van der Waals surface area contributed by atoms with Gasteiger partial charge in [0.25, 0.3) is 10.1 Å². The van der Waals surface area contributed by atoms with Crippen LogP contribution in [0.2, 0.25) is 0 Å². The van der Waals surface area contributed by atoms with Crippen LogP contribution in [0.5, 0.6) is 0 Å². The molecule has 0 radical (unpaired) electrons. The monoisotopic (exact) mass is 365 g/mol. The van der Waals surface area contributed by atoms with Crippen molar-refractivity contribution in [2.24, 2.45) is 0 Å². The van der Waals surface area contributed by atoms with Gasteiger partial charge in [-0.25, -0.2) is 4.21 Å². The molecule has 1 rings (SSSR count). The summed E-state index contributed by atoms with van der Waals surface area (Å²) in [4.78, 5) is -0.0714. The van der Waals surface area contributed by atoms with Gasteiger partial charge in [-0.1, -0.05) is 0 Å². The highest BCUT2D eigenvalue weighted by Gasteiger charge is 2.07. The highest BCUT2D eigenvalue weighted by atomic mass is 127. The molecule has 0 bridgehead atoms. The van der Waals surface area contributed by atoms with Gasteiger partial charge in [0.1, 0.15) is 0 Å². The van der Waals surface area contributed by atoms with Gasteiger partial charge >= 0.3 is 0 Å². The molecule has 0 fully saturated rings. The Kier molecular flexibility index (Phi) is 6.47. The van der Waals surface area contributed by atoms with Crippen LogP contribution in [0.4, 0.5) is 0 Å². The van der Waals surface area contributed by atoms with E-state index in [4.69, 9.17) is 17.9 Å². The van der Waals surface area contributed by atoms with E-state index < -0.39 is 21.5 Å². The second-order valence-corrected chi connectivity index (χ2v) is 5.25. The minimum absolute atomic E-state index is 0.0714. The molecule has 0 spiro atoms. The summed E-state index contributed by atoms with van der Waals surface area (Å²) in [6.07, 6.45) is 0. The van der Waals surface area contributed by atoms with Crippen molar-refractivity contribution < 1.29 is 26.3 Å². The van der Waals surface area contributed by atoms with Crippen molar-refractivity contribution in [2.45, 2.75) is 4.90 Å². The van der Waals surface area contributed by atoms with E-state index in [9.17, 15) is 8.42 Å². The number of hydrogen-bond donors (Lipinski definition) is 2. The second kappa shape index (κ2) is 6.50. The zero-order valence-corrected chi connectivity index (χ0v) is 10.8. The van der Waals surface area contributed by atoms with E-state index in [1.165, 1.54) is 12.1 Å². The Morgan fingerprint density at radius 3 is 1.87 bits per heavy atom. The Morgan fingerprint density at radius 2 is 1.60 bits per heavy atom. The van der Waals surface area contributed by atoms with Gasteiger partial charge in [-0.3, -0.25) is 4.55 Å². The van der Waals surface area contributed by atoms with Crippen LogP contribution in [0, 0.1) is 3.57 Å². The Bertz CT molecular complexity index is 421. The van der Waals surface area contributed by atoms with Crippen LogP contribution in [-0.2, 0) is 21.5 Å². The van der Waals surface area contributed by atoms with E-state index >= 15 is 0 Å². The molecule has 0 saturated heterocycles. The van der Waals surface area contributed by atoms with Crippen molar-refractivity contribution in [2.75, 3.05) is 0 Å². The maximum absolute atomic E-state index is 10.5. The third-order valence-electron chi connectivity index (χ3n) is 1.11. The van der Waals surface area contributed by atoms with Crippen molar-refractivity contribution >= 4 is 44.1 Å². The summed E-state index contributed by atoms with van der Waals surface area (Å²) in [6, 6.07) is 5.95. The summed E-state index contributed by atoms with van der Waals surface area (Å²) in [5, 5.41) is 0. The van der Waals surface area contributed by atoms with Crippen LogP contribution in [0.1, 0.15) is 0 Å². The van der Waals surface area contributed by atoms with E-state index in [2.05, 4.69) is 0 Å². The first-order chi connectivity index (χ1) is 6.73. The summed E-state index contributed by atoms with van der Waals surface area (Å²) >= 11 is -0.813. The molecule has 1 unspecified atom stereocenters. The first-order valence-electron chi connectivity index (χ1n) is 3.25. The predicted octanol–water partition coefficient (Wildman–Crippen LogP) is 0.876. The molecular formula is C6H6IO6S2-. The third-order valence-corrected chi connectivity index (χ3v) is 2.70. The number of hydrogen-bond acceptors (Lipinski definition) is 4. The van der Waals surface area contributed by atoms with E-state index in [-0.39, 0.29) is 4.90 Å². The number of halogens is 1. The molecule has 0 amide bonds. The molecule has 0 aliphatic carbocycles. The standard InChI is InChI=1S/C6H5IO3S.H2O3S/c7-5-1-3-6(4-2-5)11(8,9)10;1-4(2)3/h1-4H,(H,8,9,10);(H2,1,2,3)/p-1. The molecule has 9 heteroatoms. The van der Waals surface area contributed by atoms with E-state index in [1.54, 1.807) is 12.1 Å². The smallest absolute Gasteiger partial charge is 0.294 e. The molecule has 0 aliphatic rings. The lowest BCUT2D eigenvalue weighted by atomic mass is 10.4. The third kappa shape index (κ3) is 7.81. The Balaban J connectivity index is 0.000000423. The fourth-order valence-corrected chi connectivity index (χ4v) is 1.45. The van der Waals surface area contributed by atoms with Gasteiger partial charge < -0.3 is 9.11 Å². The van der Waals surface area contributed by atoms with Gasteiger partial charge in [0.05, 0.1) is 16.3 Å². The molecule has 1 aromatic rings. The Hall–Kier alpha value is -0.0700. The molecule has 86 valence electrons. The zero-order chi connectivity index (χ0) is 12.1.